The lowest BCUT2D eigenvalue weighted by Gasteiger charge is -2.09. The molecule has 0 saturated heterocycles. The fourth-order valence-electron chi connectivity index (χ4n) is 2.98. The molecule has 2 aromatic heterocycles. The van der Waals surface area contributed by atoms with Gasteiger partial charge in [0, 0.05) is 35.0 Å². The first-order valence-electron chi connectivity index (χ1n) is 7.85. The number of hydrogen-bond acceptors (Lipinski definition) is 3. The number of rotatable bonds is 3. The van der Waals surface area contributed by atoms with E-state index in [4.69, 9.17) is 4.42 Å². The molecule has 0 fully saturated rings. The van der Waals surface area contributed by atoms with Crippen LogP contribution in [0.25, 0.3) is 27.9 Å². The molecule has 0 unspecified atom stereocenters. The van der Waals surface area contributed by atoms with Crippen LogP contribution in [-0.4, -0.2) is 9.49 Å². The van der Waals surface area contributed by atoms with E-state index in [0.29, 0.717) is 27.9 Å². The second-order valence-corrected chi connectivity index (χ2v) is 5.89. The summed E-state index contributed by atoms with van der Waals surface area (Å²) >= 11 is 0. The predicted molar refractivity (Wildman–Crippen MR) is 92.6 cm³/mol. The molecule has 4 rings (SSSR count). The van der Waals surface area contributed by atoms with Crippen LogP contribution < -0.4 is 0 Å². The molecule has 0 radical (unpaired) electrons. The number of alkyl halides is 3. The van der Waals surface area contributed by atoms with Gasteiger partial charge in [-0.05, 0) is 42.5 Å². The zero-order valence-electron chi connectivity index (χ0n) is 13.6. The average molecular weight is 372 g/mol. The van der Waals surface area contributed by atoms with Crippen molar-refractivity contribution in [2.24, 2.45) is 0 Å². The Kier molecular flexibility index (Phi) is 3.76. The van der Waals surface area contributed by atoms with Gasteiger partial charge in [-0.25, -0.2) is 0 Å². The lowest BCUT2D eigenvalue weighted by atomic mass is 10.1. The number of furan rings is 1. The average Bonchev–Trinajstić information content (AvgIpc) is 3.28. The minimum atomic E-state index is -4.42. The molecule has 0 spiro atoms. The van der Waals surface area contributed by atoms with Crippen molar-refractivity contribution in [2.75, 3.05) is 0 Å². The first-order valence-corrected chi connectivity index (χ1v) is 7.85. The van der Waals surface area contributed by atoms with E-state index in [1.165, 1.54) is 30.5 Å². The number of nitrogens with zero attached hydrogens (tertiary/aromatic N) is 2. The molecule has 27 heavy (non-hydrogen) atoms. The van der Waals surface area contributed by atoms with E-state index >= 15 is 0 Å². The summed E-state index contributed by atoms with van der Waals surface area (Å²) in [4.78, 5) is 10.6. The van der Waals surface area contributed by atoms with Crippen LogP contribution in [0.5, 0.6) is 0 Å². The van der Waals surface area contributed by atoms with Crippen LogP contribution >= 0.6 is 0 Å². The molecule has 0 aliphatic rings. The monoisotopic (exact) mass is 372 g/mol. The number of nitro benzene ring substituents is 1. The van der Waals surface area contributed by atoms with Crippen molar-refractivity contribution in [1.29, 1.82) is 0 Å². The van der Waals surface area contributed by atoms with E-state index in [1.54, 1.807) is 29.0 Å². The Morgan fingerprint density at radius 1 is 1.04 bits per heavy atom. The minimum Gasteiger partial charge on any atom is -0.464 e. The maximum atomic E-state index is 12.8. The van der Waals surface area contributed by atoms with Crippen LogP contribution in [0.3, 0.4) is 0 Å². The summed E-state index contributed by atoms with van der Waals surface area (Å²) in [6.45, 7) is 0. The molecule has 2 heterocycles. The van der Waals surface area contributed by atoms with Crippen molar-refractivity contribution in [1.82, 2.24) is 4.57 Å². The fraction of sp³-hybridized carbons (Fsp3) is 0.0526. The molecule has 0 aliphatic carbocycles. The largest absolute Gasteiger partial charge is 0.464 e. The highest BCUT2D eigenvalue weighted by Gasteiger charge is 2.30. The Bertz CT molecular complexity index is 1130. The van der Waals surface area contributed by atoms with E-state index in [-0.39, 0.29) is 5.69 Å². The third-order valence-corrected chi connectivity index (χ3v) is 4.26. The first kappa shape index (κ1) is 16.9. The van der Waals surface area contributed by atoms with Gasteiger partial charge in [0.25, 0.3) is 5.69 Å². The highest BCUT2D eigenvalue weighted by Crippen LogP contribution is 2.36. The van der Waals surface area contributed by atoms with E-state index in [0.717, 1.165) is 12.1 Å². The summed E-state index contributed by atoms with van der Waals surface area (Å²) in [7, 11) is 0. The van der Waals surface area contributed by atoms with Crippen LogP contribution in [0, 0.1) is 10.1 Å². The van der Waals surface area contributed by atoms with Crippen molar-refractivity contribution < 1.29 is 22.5 Å². The summed E-state index contributed by atoms with van der Waals surface area (Å²) < 4.78 is 45.5. The minimum absolute atomic E-state index is 0.0829. The molecule has 0 N–H and O–H groups in total. The smallest absolute Gasteiger partial charge is 0.416 e. The lowest BCUT2D eigenvalue weighted by Crippen LogP contribution is -2.04. The number of hydrogen-bond donors (Lipinski definition) is 0. The van der Waals surface area contributed by atoms with E-state index in [2.05, 4.69) is 0 Å². The topological polar surface area (TPSA) is 61.2 Å². The molecule has 5 nitrogen and oxygen atoms in total. The van der Waals surface area contributed by atoms with Crippen LogP contribution in [0.2, 0.25) is 0 Å². The summed E-state index contributed by atoms with van der Waals surface area (Å²) in [6.07, 6.45) is -1.25. The van der Waals surface area contributed by atoms with Crippen LogP contribution in [0.4, 0.5) is 18.9 Å². The molecule has 0 bridgehead atoms. The van der Waals surface area contributed by atoms with Gasteiger partial charge in [-0.3, -0.25) is 10.1 Å². The van der Waals surface area contributed by atoms with E-state index < -0.39 is 16.7 Å². The zero-order chi connectivity index (χ0) is 19.2. The Hall–Kier alpha value is -3.55. The number of benzene rings is 2. The quantitative estimate of drug-likeness (QED) is 0.336. The van der Waals surface area contributed by atoms with Gasteiger partial charge >= 0.3 is 6.18 Å². The fourth-order valence-corrected chi connectivity index (χ4v) is 2.98. The molecule has 136 valence electrons. The van der Waals surface area contributed by atoms with Crippen molar-refractivity contribution in [3.63, 3.8) is 0 Å². The van der Waals surface area contributed by atoms with E-state index in [1.807, 2.05) is 0 Å². The molecular formula is C19H11F3N2O3. The zero-order valence-corrected chi connectivity index (χ0v) is 13.6. The van der Waals surface area contributed by atoms with E-state index in [9.17, 15) is 23.3 Å². The highest BCUT2D eigenvalue weighted by atomic mass is 19.4. The van der Waals surface area contributed by atoms with Crippen molar-refractivity contribution in [3.8, 4) is 17.0 Å². The molecule has 0 aliphatic heterocycles. The molecule has 0 saturated carbocycles. The van der Waals surface area contributed by atoms with Gasteiger partial charge in [0.05, 0.1) is 22.3 Å². The van der Waals surface area contributed by atoms with Gasteiger partial charge in [0.15, 0.2) is 0 Å². The van der Waals surface area contributed by atoms with Gasteiger partial charge in [-0.1, -0.05) is 0 Å². The van der Waals surface area contributed by atoms with Gasteiger partial charge in [0.1, 0.15) is 5.76 Å². The molecule has 4 aromatic rings. The lowest BCUT2D eigenvalue weighted by molar-refractivity contribution is -0.384. The summed E-state index contributed by atoms with van der Waals surface area (Å²) in [5.41, 5.74) is 0.898. The third-order valence-electron chi connectivity index (χ3n) is 4.26. The van der Waals surface area contributed by atoms with Crippen LogP contribution in [0.1, 0.15) is 5.56 Å². The number of non-ortho nitro benzene ring substituents is 1. The van der Waals surface area contributed by atoms with Gasteiger partial charge < -0.3 is 8.98 Å². The second kappa shape index (κ2) is 6.01. The highest BCUT2D eigenvalue weighted by molar-refractivity contribution is 5.97. The normalized spacial score (nSPS) is 11.8. The second-order valence-electron chi connectivity index (χ2n) is 5.89. The SMILES string of the molecule is O=[N+]([O-])c1ccc2c(c1)c(-c1ccco1)cn2-c1ccc(C(F)(F)F)cc1. The van der Waals surface area contributed by atoms with Crippen molar-refractivity contribution >= 4 is 16.6 Å². The molecule has 2 aromatic carbocycles. The molecule has 8 heteroatoms. The van der Waals surface area contributed by atoms with Gasteiger partial charge in [-0.2, -0.15) is 13.2 Å². The Morgan fingerprint density at radius 3 is 2.37 bits per heavy atom. The number of aromatic nitrogens is 1. The number of nitro groups is 1. The van der Waals surface area contributed by atoms with Crippen LogP contribution in [-0.2, 0) is 6.18 Å². The van der Waals surface area contributed by atoms with Crippen molar-refractivity contribution in [3.05, 3.63) is 82.7 Å². The maximum absolute atomic E-state index is 12.8. The van der Waals surface area contributed by atoms with Crippen molar-refractivity contribution in [2.45, 2.75) is 6.18 Å². The Balaban J connectivity index is 1.92. The number of fused-ring (bicyclic) bond motifs is 1. The maximum Gasteiger partial charge on any atom is 0.416 e. The summed E-state index contributed by atoms with van der Waals surface area (Å²) in [5.74, 6) is 0.506. The summed E-state index contributed by atoms with van der Waals surface area (Å²) in [5, 5.41) is 11.7. The predicted octanol–water partition coefficient (Wildman–Crippen LogP) is 5.82. The van der Waals surface area contributed by atoms with Gasteiger partial charge in [-0.15, -0.1) is 0 Å². The first-order chi connectivity index (χ1) is 12.8. The third kappa shape index (κ3) is 2.95. The molecule has 0 atom stereocenters. The Morgan fingerprint density at radius 2 is 1.78 bits per heavy atom. The summed E-state index contributed by atoms with van der Waals surface area (Å²) in [6, 6.07) is 12.5. The van der Waals surface area contributed by atoms with Crippen LogP contribution in [0.15, 0.2) is 71.5 Å². The Labute approximate surface area is 150 Å². The standard InChI is InChI=1S/C19H11F3N2O3/c20-19(21,22)12-3-5-13(6-4-12)23-11-16(18-2-1-9-27-18)15-10-14(24(25)26)7-8-17(15)23/h1-11H. The number of halogens is 3. The molecule has 0 amide bonds. The molecular weight excluding hydrogens is 361 g/mol. The van der Waals surface area contributed by atoms with Gasteiger partial charge in [0.2, 0.25) is 0 Å².